The molecule has 1 aliphatic rings. The number of carbonyl (C=O) groups excluding carboxylic acids is 1. The minimum Gasteiger partial charge on any atom is -0.460 e. The molecule has 88 valence electrons. The zero-order valence-corrected chi connectivity index (χ0v) is 10.1. The molecule has 0 aromatic carbocycles. The second-order valence-electron chi connectivity index (χ2n) is 3.69. The summed E-state index contributed by atoms with van der Waals surface area (Å²) >= 11 is 1.88. The summed E-state index contributed by atoms with van der Waals surface area (Å²) in [6.45, 7) is 3.28. The normalized spacial score (nSPS) is 23.5. The predicted octanol–water partition coefficient (Wildman–Crippen LogP) is 0.660. The molecule has 2 atom stereocenters. The molecule has 0 saturated carbocycles. The van der Waals surface area contributed by atoms with Crippen LogP contribution in [0, 0.1) is 0 Å². The fraction of sp³-hybridized carbons (Fsp3) is 0.900. The van der Waals surface area contributed by atoms with Crippen molar-refractivity contribution in [1.29, 1.82) is 0 Å². The maximum absolute atomic E-state index is 11.5. The Kier molecular flexibility index (Phi) is 6.05. The summed E-state index contributed by atoms with van der Waals surface area (Å²) in [5.74, 6) is 1.99. The molecule has 2 unspecified atom stereocenters. The van der Waals surface area contributed by atoms with Gasteiger partial charge in [-0.25, -0.2) is 0 Å². The average Bonchev–Trinajstić information content (AvgIpc) is 2.19. The number of hydrogen-bond donors (Lipinski definition) is 1. The Morgan fingerprint density at radius 2 is 2.47 bits per heavy atom. The van der Waals surface area contributed by atoms with E-state index in [0.717, 1.165) is 18.1 Å². The average molecular weight is 233 g/mol. The van der Waals surface area contributed by atoms with Crippen molar-refractivity contribution in [3.8, 4) is 0 Å². The number of methoxy groups -OCH3 is 1. The van der Waals surface area contributed by atoms with Crippen molar-refractivity contribution in [3.63, 3.8) is 0 Å². The van der Waals surface area contributed by atoms with E-state index in [1.165, 1.54) is 0 Å². The van der Waals surface area contributed by atoms with Crippen molar-refractivity contribution in [3.05, 3.63) is 0 Å². The van der Waals surface area contributed by atoms with Gasteiger partial charge in [0.05, 0.1) is 13.0 Å². The first-order chi connectivity index (χ1) is 7.22. The zero-order valence-electron chi connectivity index (χ0n) is 9.32. The Hall–Kier alpha value is -0.260. The molecule has 0 aliphatic carbocycles. The molecule has 1 saturated heterocycles. The minimum absolute atomic E-state index is 0.139. The number of carbonyl (C=O) groups is 1. The van der Waals surface area contributed by atoms with Crippen LogP contribution in [0.5, 0.6) is 0 Å². The zero-order chi connectivity index (χ0) is 11.1. The number of hydrogen-bond acceptors (Lipinski definition) is 5. The summed E-state index contributed by atoms with van der Waals surface area (Å²) in [6.07, 6.45) is 0.305. The maximum Gasteiger partial charge on any atom is 0.307 e. The number of esters is 1. The van der Waals surface area contributed by atoms with E-state index in [4.69, 9.17) is 9.47 Å². The third-order valence-electron chi connectivity index (χ3n) is 2.15. The highest BCUT2D eigenvalue weighted by atomic mass is 32.2. The molecule has 1 heterocycles. The number of nitrogens with one attached hydrogen (secondary N) is 1. The lowest BCUT2D eigenvalue weighted by molar-refractivity contribution is -0.150. The summed E-state index contributed by atoms with van der Waals surface area (Å²) in [5, 5.41) is 3.30. The van der Waals surface area contributed by atoms with E-state index in [0.29, 0.717) is 13.0 Å². The third kappa shape index (κ3) is 5.39. The lowest BCUT2D eigenvalue weighted by Gasteiger charge is -2.22. The van der Waals surface area contributed by atoms with Gasteiger partial charge < -0.3 is 14.8 Å². The Bertz CT molecular complexity index is 195. The van der Waals surface area contributed by atoms with Crippen LogP contribution in [0.4, 0.5) is 0 Å². The van der Waals surface area contributed by atoms with Gasteiger partial charge in [-0.3, -0.25) is 4.79 Å². The first kappa shape index (κ1) is 12.8. The number of rotatable bonds is 5. The smallest absolute Gasteiger partial charge is 0.307 e. The van der Waals surface area contributed by atoms with Crippen LogP contribution in [0.25, 0.3) is 0 Å². The summed E-state index contributed by atoms with van der Waals surface area (Å²) in [7, 11) is 1.60. The second kappa shape index (κ2) is 7.09. The molecule has 0 radical (unpaired) electrons. The molecule has 0 spiro atoms. The Balaban J connectivity index is 2.16. The maximum atomic E-state index is 11.5. The third-order valence-corrected chi connectivity index (χ3v) is 3.28. The lowest BCUT2D eigenvalue weighted by atomic mass is 10.2. The standard InChI is InChI=1S/C10H19NO3S/c1-8(6-13-2)14-10(12)5-9-7-15-4-3-11-9/h8-9,11H,3-7H2,1-2H3. The molecular formula is C10H19NO3S. The van der Waals surface area contributed by atoms with E-state index in [1.54, 1.807) is 7.11 Å². The predicted molar refractivity (Wildman–Crippen MR) is 61.2 cm³/mol. The Morgan fingerprint density at radius 3 is 3.07 bits per heavy atom. The highest BCUT2D eigenvalue weighted by Crippen LogP contribution is 2.11. The SMILES string of the molecule is COCC(C)OC(=O)CC1CSCCN1. The molecule has 5 heteroatoms. The Labute approximate surface area is 95.1 Å². The van der Waals surface area contributed by atoms with E-state index in [2.05, 4.69) is 5.32 Å². The van der Waals surface area contributed by atoms with Crippen LogP contribution in [-0.2, 0) is 14.3 Å². The van der Waals surface area contributed by atoms with Gasteiger partial charge in [0.2, 0.25) is 0 Å². The fourth-order valence-electron chi connectivity index (χ4n) is 1.49. The highest BCUT2D eigenvalue weighted by Gasteiger charge is 2.18. The number of ether oxygens (including phenoxy) is 2. The molecule has 0 aromatic heterocycles. The molecule has 1 aliphatic heterocycles. The fourth-order valence-corrected chi connectivity index (χ4v) is 2.44. The summed E-state index contributed by atoms with van der Waals surface area (Å²) in [4.78, 5) is 11.5. The summed E-state index contributed by atoms with van der Waals surface area (Å²) in [6, 6.07) is 0.269. The van der Waals surface area contributed by atoms with E-state index in [1.807, 2.05) is 18.7 Å². The molecule has 1 fully saturated rings. The molecule has 4 nitrogen and oxygen atoms in total. The van der Waals surface area contributed by atoms with E-state index < -0.39 is 0 Å². The van der Waals surface area contributed by atoms with E-state index >= 15 is 0 Å². The number of thioether (sulfide) groups is 1. The van der Waals surface area contributed by atoms with Gasteiger partial charge in [-0.15, -0.1) is 0 Å². The highest BCUT2D eigenvalue weighted by molar-refractivity contribution is 7.99. The topological polar surface area (TPSA) is 47.6 Å². The molecule has 15 heavy (non-hydrogen) atoms. The summed E-state index contributed by atoms with van der Waals surface area (Å²) < 4.78 is 10.1. The van der Waals surface area contributed by atoms with Crippen molar-refractivity contribution in [2.75, 3.05) is 31.8 Å². The van der Waals surface area contributed by atoms with Gasteiger partial charge in [0.15, 0.2) is 0 Å². The van der Waals surface area contributed by atoms with Crippen molar-refractivity contribution < 1.29 is 14.3 Å². The van der Waals surface area contributed by atoms with Crippen molar-refractivity contribution >= 4 is 17.7 Å². The molecule has 1 N–H and O–H groups in total. The van der Waals surface area contributed by atoms with Gasteiger partial charge in [0.25, 0.3) is 0 Å². The van der Waals surface area contributed by atoms with Crippen LogP contribution in [0.2, 0.25) is 0 Å². The first-order valence-corrected chi connectivity index (χ1v) is 6.37. The van der Waals surface area contributed by atoms with Crippen LogP contribution in [0.3, 0.4) is 0 Å². The van der Waals surface area contributed by atoms with Crippen LogP contribution < -0.4 is 5.32 Å². The summed E-state index contributed by atoms with van der Waals surface area (Å²) in [5.41, 5.74) is 0. The second-order valence-corrected chi connectivity index (χ2v) is 4.84. The van der Waals surface area contributed by atoms with Gasteiger partial charge >= 0.3 is 5.97 Å². The van der Waals surface area contributed by atoms with Crippen molar-refractivity contribution in [1.82, 2.24) is 5.32 Å². The van der Waals surface area contributed by atoms with E-state index in [-0.39, 0.29) is 18.1 Å². The molecule has 0 aromatic rings. The minimum atomic E-state index is -0.154. The lowest BCUT2D eigenvalue weighted by Crippen LogP contribution is -2.39. The molecular weight excluding hydrogens is 214 g/mol. The van der Waals surface area contributed by atoms with Gasteiger partial charge in [0, 0.05) is 31.2 Å². The van der Waals surface area contributed by atoms with Crippen LogP contribution >= 0.6 is 11.8 Å². The molecule has 1 rings (SSSR count). The van der Waals surface area contributed by atoms with Gasteiger partial charge in [0.1, 0.15) is 6.10 Å². The van der Waals surface area contributed by atoms with Gasteiger partial charge in [-0.05, 0) is 6.92 Å². The van der Waals surface area contributed by atoms with Gasteiger partial charge in [-0.1, -0.05) is 0 Å². The monoisotopic (exact) mass is 233 g/mol. The first-order valence-electron chi connectivity index (χ1n) is 5.22. The van der Waals surface area contributed by atoms with Crippen LogP contribution in [-0.4, -0.2) is 49.9 Å². The van der Waals surface area contributed by atoms with Crippen molar-refractivity contribution in [2.24, 2.45) is 0 Å². The quantitative estimate of drug-likeness (QED) is 0.707. The largest absolute Gasteiger partial charge is 0.460 e. The van der Waals surface area contributed by atoms with Gasteiger partial charge in [-0.2, -0.15) is 11.8 Å². The van der Waals surface area contributed by atoms with E-state index in [9.17, 15) is 4.79 Å². The Morgan fingerprint density at radius 1 is 1.67 bits per heavy atom. The van der Waals surface area contributed by atoms with Crippen LogP contribution in [0.15, 0.2) is 0 Å². The van der Waals surface area contributed by atoms with Crippen LogP contribution in [0.1, 0.15) is 13.3 Å². The molecule has 0 amide bonds. The molecule has 0 bridgehead atoms. The van der Waals surface area contributed by atoms with Crippen molar-refractivity contribution in [2.45, 2.75) is 25.5 Å².